The Hall–Kier alpha value is -0.970. The van der Waals surface area contributed by atoms with E-state index in [0.717, 1.165) is 0 Å². The third kappa shape index (κ3) is 4.57. The maximum Gasteiger partial charge on any atom is 0.128 e. The monoisotopic (exact) mass is 179 g/mol. The van der Waals surface area contributed by atoms with Crippen molar-refractivity contribution in [3.63, 3.8) is 0 Å². The SMILES string of the molecule is C#CCCON=CC1CCCCC1. The predicted octanol–water partition coefficient (Wildman–Crippen LogP) is 2.59. The Kier molecular flexibility index (Phi) is 5.08. The molecule has 2 heteroatoms. The summed E-state index contributed by atoms with van der Waals surface area (Å²) in [5.41, 5.74) is 0. The molecule has 0 unspecified atom stereocenters. The minimum absolute atomic E-state index is 0.541. The van der Waals surface area contributed by atoms with Crippen molar-refractivity contribution in [3.05, 3.63) is 0 Å². The molecular formula is C11H17NO. The Labute approximate surface area is 80.3 Å². The Morgan fingerprint density at radius 2 is 2.15 bits per heavy atom. The zero-order valence-corrected chi connectivity index (χ0v) is 8.04. The van der Waals surface area contributed by atoms with E-state index >= 15 is 0 Å². The Balaban J connectivity index is 2.05. The topological polar surface area (TPSA) is 21.6 Å². The highest BCUT2D eigenvalue weighted by Crippen LogP contribution is 2.21. The van der Waals surface area contributed by atoms with Crippen molar-refractivity contribution in [2.45, 2.75) is 38.5 Å². The predicted molar refractivity (Wildman–Crippen MR) is 54.5 cm³/mol. The summed E-state index contributed by atoms with van der Waals surface area (Å²) in [6.45, 7) is 0.541. The van der Waals surface area contributed by atoms with Gasteiger partial charge in [0.05, 0.1) is 0 Å². The van der Waals surface area contributed by atoms with E-state index in [1.807, 2.05) is 6.21 Å². The Morgan fingerprint density at radius 1 is 1.38 bits per heavy atom. The molecule has 0 atom stereocenters. The highest BCUT2D eigenvalue weighted by atomic mass is 16.6. The van der Waals surface area contributed by atoms with Crippen molar-refractivity contribution in [2.24, 2.45) is 11.1 Å². The summed E-state index contributed by atoms with van der Waals surface area (Å²) in [5, 5.41) is 3.91. The van der Waals surface area contributed by atoms with Crippen LogP contribution in [0.1, 0.15) is 38.5 Å². The largest absolute Gasteiger partial charge is 0.395 e. The summed E-state index contributed by atoms with van der Waals surface area (Å²) >= 11 is 0. The van der Waals surface area contributed by atoms with Crippen molar-refractivity contribution in [1.29, 1.82) is 0 Å². The summed E-state index contributed by atoms with van der Waals surface area (Å²) < 4.78 is 0. The quantitative estimate of drug-likeness (QED) is 0.281. The van der Waals surface area contributed by atoms with Crippen molar-refractivity contribution in [2.75, 3.05) is 6.61 Å². The maximum atomic E-state index is 5.07. The Morgan fingerprint density at radius 3 is 2.85 bits per heavy atom. The molecule has 0 aromatic carbocycles. The third-order valence-corrected chi connectivity index (χ3v) is 2.33. The van der Waals surface area contributed by atoms with E-state index in [0.29, 0.717) is 18.9 Å². The van der Waals surface area contributed by atoms with E-state index in [4.69, 9.17) is 11.3 Å². The van der Waals surface area contributed by atoms with E-state index in [9.17, 15) is 0 Å². The van der Waals surface area contributed by atoms with Crippen LogP contribution in [0.5, 0.6) is 0 Å². The van der Waals surface area contributed by atoms with E-state index < -0.39 is 0 Å². The summed E-state index contributed by atoms with van der Waals surface area (Å²) in [6.07, 6.45) is 14.2. The van der Waals surface area contributed by atoms with E-state index in [1.165, 1.54) is 32.1 Å². The summed E-state index contributed by atoms with van der Waals surface area (Å²) in [7, 11) is 0. The van der Waals surface area contributed by atoms with Crippen LogP contribution in [0.3, 0.4) is 0 Å². The lowest BCUT2D eigenvalue weighted by Gasteiger charge is -2.16. The molecule has 0 aliphatic heterocycles. The lowest BCUT2D eigenvalue weighted by atomic mass is 9.90. The summed E-state index contributed by atoms with van der Waals surface area (Å²) in [6, 6.07) is 0. The highest BCUT2D eigenvalue weighted by molar-refractivity contribution is 5.59. The maximum absolute atomic E-state index is 5.07. The molecule has 0 N–H and O–H groups in total. The zero-order chi connectivity index (χ0) is 9.36. The van der Waals surface area contributed by atoms with Gasteiger partial charge in [0.2, 0.25) is 0 Å². The number of oxime groups is 1. The average Bonchev–Trinajstić information content (AvgIpc) is 2.19. The van der Waals surface area contributed by atoms with Crippen molar-refractivity contribution < 1.29 is 4.84 Å². The molecule has 1 rings (SSSR count). The molecule has 1 aliphatic carbocycles. The van der Waals surface area contributed by atoms with E-state index in [1.54, 1.807) is 0 Å². The van der Waals surface area contributed by atoms with Gasteiger partial charge in [0, 0.05) is 12.6 Å². The molecule has 0 saturated heterocycles. The molecule has 1 saturated carbocycles. The number of terminal acetylenes is 1. The molecule has 72 valence electrons. The number of rotatable bonds is 4. The van der Waals surface area contributed by atoms with Gasteiger partial charge in [-0.05, 0) is 18.8 Å². The highest BCUT2D eigenvalue weighted by Gasteiger charge is 2.10. The fourth-order valence-corrected chi connectivity index (χ4v) is 1.57. The van der Waals surface area contributed by atoms with Gasteiger partial charge in [-0.2, -0.15) is 0 Å². The van der Waals surface area contributed by atoms with Crippen LogP contribution in [0.2, 0.25) is 0 Å². The van der Waals surface area contributed by atoms with Crippen LogP contribution in [0.25, 0.3) is 0 Å². The van der Waals surface area contributed by atoms with Gasteiger partial charge >= 0.3 is 0 Å². The molecule has 1 aliphatic rings. The van der Waals surface area contributed by atoms with Crippen molar-refractivity contribution in [3.8, 4) is 12.3 Å². The molecule has 0 bridgehead atoms. The van der Waals surface area contributed by atoms with Crippen LogP contribution in [0.15, 0.2) is 5.16 Å². The molecule has 0 heterocycles. The van der Waals surface area contributed by atoms with Crippen molar-refractivity contribution in [1.82, 2.24) is 0 Å². The Bertz CT molecular complexity index is 187. The average molecular weight is 179 g/mol. The first-order valence-corrected chi connectivity index (χ1v) is 5.02. The number of hydrogen-bond donors (Lipinski definition) is 0. The van der Waals surface area contributed by atoms with Gasteiger partial charge in [0.25, 0.3) is 0 Å². The van der Waals surface area contributed by atoms with Gasteiger partial charge in [-0.1, -0.05) is 24.4 Å². The second kappa shape index (κ2) is 6.54. The van der Waals surface area contributed by atoms with Gasteiger partial charge < -0.3 is 4.84 Å². The molecule has 0 spiro atoms. The molecular weight excluding hydrogens is 162 g/mol. The van der Waals surface area contributed by atoms with Gasteiger partial charge in [-0.15, -0.1) is 12.3 Å². The smallest absolute Gasteiger partial charge is 0.128 e. The van der Waals surface area contributed by atoms with Gasteiger partial charge in [0.1, 0.15) is 6.61 Å². The van der Waals surface area contributed by atoms with Gasteiger partial charge in [-0.25, -0.2) is 0 Å². The van der Waals surface area contributed by atoms with E-state index in [2.05, 4.69) is 11.1 Å². The molecule has 1 fully saturated rings. The lowest BCUT2D eigenvalue weighted by Crippen LogP contribution is -2.07. The zero-order valence-electron chi connectivity index (χ0n) is 8.04. The second-order valence-electron chi connectivity index (χ2n) is 3.44. The molecule has 0 radical (unpaired) electrons. The summed E-state index contributed by atoms with van der Waals surface area (Å²) in [5.74, 6) is 3.15. The molecule has 0 amide bonds. The molecule has 0 aromatic heterocycles. The van der Waals surface area contributed by atoms with Crippen LogP contribution in [0.4, 0.5) is 0 Å². The summed E-state index contributed by atoms with van der Waals surface area (Å²) in [4.78, 5) is 5.00. The van der Waals surface area contributed by atoms with Gasteiger partial charge in [0.15, 0.2) is 0 Å². The first kappa shape index (κ1) is 10.1. The third-order valence-electron chi connectivity index (χ3n) is 2.33. The standard InChI is InChI=1S/C11H17NO/c1-2-3-9-13-12-10-11-7-5-4-6-8-11/h1,10-11H,3-9H2. The number of hydrogen-bond acceptors (Lipinski definition) is 2. The molecule has 0 aromatic rings. The van der Waals surface area contributed by atoms with Crippen LogP contribution in [-0.4, -0.2) is 12.8 Å². The first-order valence-electron chi connectivity index (χ1n) is 5.02. The fraction of sp³-hybridized carbons (Fsp3) is 0.727. The minimum Gasteiger partial charge on any atom is -0.395 e. The van der Waals surface area contributed by atoms with Crippen LogP contribution < -0.4 is 0 Å². The van der Waals surface area contributed by atoms with E-state index in [-0.39, 0.29) is 0 Å². The lowest BCUT2D eigenvalue weighted by molar-refractivity contribution is 0.150. The van der Waals surface area contributed by atoms with Crippen molar-refractivity contribution >= 4 is 6.21 Å². The first-order chi connectivity index (χ1) is 6.43. The molecule has 2 nitrogen and oxygen atoms in total. The van der Waals surface area contributed by atoms with Crippen LogP contribution in [-0.2, 0) is 4.84 Å². The van der Waals surface area contributed by atoms with Gasteiger partial charge in [-0.3, -0.25) is 0 Å². The molecule has 13 heavy (non-hydrogen) atoms. The van der Waals surface area contributed by atoms with Crippen LogP contribution in [0, 0.1) is 18.3 Å². The minimum atomic E-state index is 0.541. The fourth-order valence-electron chi connectivity index (χ4n) is 1.57. The second-order valence-corrected chi connectivity index (χ2v) is 3.44. The number of nitrogens with zero attached hydrogens (tertiary/aromatic N) is 1. The normalized spacial score (nSPS) is 18.7. The van der Waals surface area contributed by atoms with Crippen LogP contribution >= 0.6 is 0 Å².